The van der Waals surface area contributed by atoms with E-state index in [2.05, 4.69) is 12.1 Å². The molecule has 0 unspecified atom stereocenters. The second-order valence-electron chi connectivity index (χ2n) is 7.32. The minimum atomic E-state index is -2.77. The Morgan fingerprint density at radius 1 is 1.08 bits per heavy atom. The fourth-order valence-electron chi connectivity index (χ4n) is 3.93. The molecule has 0 N–H and O–H groups in total. The number of fused-ring (bicyclic) bond motifs is 1. The molecule has 4 rings (SSSR count). The Morgan fingerprint density at radius 2 is 1.79 bits per heavy atom. The molecule has 0 spiro atoms. The van der Waals surface area contributed by atoms with Crippen molar-refractivity contribution in [2.45, 2.75) is 25.7 Å². The maximum Gasteiger partial charge on any atom is 0.260 e. The number of rotatable bonds is 4. The number of benzene rings is 1. The summed E-state index contributed by atoms with van der Waals surface area (Å²) in [4.78, 5) is 13.9. The summed E-state index contributed by atoms with van der Waals surface area (Å²) < 4.78 is 28.1. The van der Waals surface area contributed by atoms with Crippen LogP contribution in [0.5, 0.6) is 5.75 Å². The minimum Gasteiger partial charge on any atom is -0.484 e. The van der Waals surface area contributed by atoms with Crippen LogP contribution in [0.4, 0.5) is 0 Å². The molecule has 6 heteroatoms. The average molecular weight is 349 g/mol. The van der Waals surface area contributed by atoms with E-state index in [0.29, 0.717) is 30.5 Å². The third-order valence-electron chi connectivity index (χ3n) is 5.55. The highest BCUT2D eigenvalue weighted by molar-refractivity contribution is 7.92. The van der Waals surface area contributed by atoms with Crippen LogP contribution in [0.25, 0.3) is 0 Å². The van der Waals surface area contributed by atoms with E-state index in [1.54, 1.807) is 4.90 Å². The standard InChI is InChI=1S/C18H23NO4S/c20-18(19-8-15(9-19)16-11-24(21,22)12-16)10-23-17-6-5-13-3-1-2-4-14(13)7-17/h5-7,15-16H,1-4,8-12H2. The Hall–Kier alpha value is -1.56. The second kappa shape index (κ2) is 6.06. The molecular weight excluding hydrogens is 326 g/mol. The van der Waals surface area contributed by atoms with Crippen LogP contribution < -0.4 is 4.74 Å². The number of sulfone groups is 1. The molecule has 1 aromatic carbocycles. The van der Waals surface area contributed by atoms with E-state index in [1.807, 2.05) is 6.07 Å². The first-order valence-electron chi connectivity index (χ1n) is 8.73. The summed E-state index contributed by atoms with van der Waals surface area (Å²) in [5.41, 5.74) is 2.75. The minimum absolute atomic E-state index is 0.00819. The summed E-state index contributed by atoms with van der Waals surface area (Å²) in [6.45, 7) is 1.41. The number of hydrogen-bond acceptors (Lipinski definition) is 4. The lowest BCUT2D eigenvalue weighted by Crippen LogP contribution is -2.58. The van der Waals surface area contributed by atoms with Gasteiger partial charge in [0.1, 0.15) is 5.75 Å². The van der Waals surface area contributed by atoms with Crippen LogP contribution in [0.1, 0.15) is 24.0 Å². The summed E-state index contributed by atoms with van der Waals surface area (Å²) in [6.07, 6.45) is 4.71. The van der Waals surface area contributed by atoms with Gasteiger partial charge in [0.2, 0.25) is 0 Å². The molecule has 2 heterocycles. The normalized spacial score (nSPS) is 23.1. The molecule has 2 aliphatic heterocycles. The van der Waals surface area contributed by atoms with Crippen LogP contribution in [-0.2, 0) is 27.5 Å². The number of carbonyl (C=O) groups excluding carboxylic acids is 1. The first-order valence-corrected chi connectivity index (χ1v) is 10.6. The molecule has 1 amide bonds. The van der Waals surface area contributed by atoms with Crippen molar-refractivity contribution in [3.63, 3.8) is 0 Å². The van der Waals surface area contributed by atoms with Crippen molar-refractivity contribution in [3.05, 3.63) is 29.3 Å². The highest BCUT2D eigenvalue weighted by atomic mass is 32.2. The fraction of sp³-hybridized carbons (Fsp3) is 0.611. The zero-order valence-corrected chi connectivity index (χ0v) is 14.6. The molecular formula is C18H23NO4S. The predicted molar refractivity (Wildman–Crippen MR) is 90.8 cm³/mol. The first-order chi connectivity index (χ1) is 11.5. The lowest BCUT2D eigenvalue weighted by molar-refractivity contribution is -0.140. The number of hydrogen-bond donors (Lipinski definition) is 0. The van der Waals surface area contributed by atoms with E-state index in [0.717, 1.165) is 18.6 Å². The van der Waals surface area contributed by atoms with Crippen LogP contribution in [0, 0.1) is 11.8 Å². The fourth-order valence-corrected chi connectivity index (χ4v) is 5.68. The van der Waals surface area contributed by atoms with Gasteiger partial charge in [0, 0.05) is 13.1 Å². The van der Waals surface area contributed by atoms with Gasteiger partial charge in [-0.05, 0) is 60.8 Å². The number of carbonyl (C=O) groups is 1. The summed E-state index contributed by atoms with van der Waals surface area (Å²) in [5.74, 6) is 1.95. The number of amides is 1. The number of nitrogens with zero attached hydrogens (tertiary/aromatic N) is 1. The quantitative estimate of drug-likeness (QED) is 0.825. The average Bonchev–Trinajstić information content (AvgIpc) is 2.49. The van der Waals surface area contributed by atoms with Gasteiger partial charge in [0.05, 0.1) is 11.5 Å². The lowest BCUT2D eigenvalue weighted by Gasteiger charge is -2.46. The van der Waals surface area contributed by atoms with Gasteiger partial charge in [0.15, 0.2) is 16.4 Å². The molecule has 0 aromatic heterocycles. The van der Waals surface area contributed by atoms with E-state index in [9.17, 15) is 13.2 Å². The summed E-state index contributed by atoms with van der Waals surface area (Å²) in [5, 5.41) is 0. The molecule has 0 bridgehead atoms. The predicted octanol–water partition coefficient (Wildman–Crippen LogP) is 1.45. The van der Waals surface area contributed by atoms with Gasteiger partial charge in [-0.2, -0.15) is 0 Å². The molecule has 130 valence electrons. The number of likely N-dealkylation sites (tertiary alicyclic amines) is 1. The van der Waals surface area contributed by atoms with E-state index < -0.39 is 9.84 Å². The lowest BCUT2D eigenvalue weighted by atomic mass is 9.87. The van der Waals surface area contributed by atoms with Crippen molar-refractivity contribution in [3.8, 4) is 5.75 Å². The zero-order chi connectivity index (χ0) is 16.7. The van der Waals surface area contributed by atoms with E-state index in [4.69, 9.17) is 4.74 Å². The molecule has 24 heavy (non-hydrogen) atoms. The molecule has 5 nitrogen and oxygen atoms in total. The SMILES string of the molecule is O=C(COc1ccc2c(c1)CCCC2)N1CC(C2CS(=O)(=O)C2)C1. The molecule has 0 atom stereocenters. The third-order valence-corrected chi connectivity index (χ3v) is 7.42. The van der Waals surface area contributed by atoms with Crippen molar-refractivity contribution in [2.24, 2.45) is 11.8 Å². The molecule has 1 aliphatic carbocycles. The van der Waals surface area contributed by atoms with Crippen molar-refractivity contribution in [1.82, 2.24) is 4.90 Å². The van der Waals surface area contributed by atoms with Crippen molar-refractivity contribution >= 4 is 15.7 Å². The van der Waals surface area contributed by atoms with Gasteiger partial charge in [-0.25, -0.2) is 8.42 Å². The van der Waals surface area contributed by atoms with Gasteiger partial charge in [-0.15, -0.1) is 0 Å². The first kappa shape index (κ1) is 15.9. The third kappa shape index (κ3) is 3.16. The smallest absolute Gasteiger partial charge is 0.260 e. The van der Waals surface area contributed by atoms with Crippen LogP contribution in [0.15, 0.2) is 18.2 Å². The molecule has 1 aromatic rings. The van der Waals surface area contributed by atoms with Crippen LogP contribution in [0.3, 0.4) is 0 Å². The van der Waals surface area contributed by atoms with Gasteiger partial charge < -0.3 is 9.64 Å². The topological polar surface area (TPSA) is 63.7 Å². The largest absolute Gasteiger partial charge is 0.484 e. The van der Waals surface area contributed by atoms with Crippen molar-refractivity contribution in [1.29, 1.82) is 0 Å². The van der Waals surface area contributed by atoms with Crippen LogP contribution >= 0.6 is 0 Å². The molecule has 3 aliphatic rings. The van der Waals surface area contributed by atoms with Crippen molar-refractivity contribution < 1.29 is 17.9 Å². The van der Waals surface area contributed by atoms with Crippen LogP contribution in [-0.4, -0.2) is 50.4 Å². The van der Waals surface area contributed by atoms with Crippen LogP contribution in [0.2, 0.25) is 0 Å². The Labute approximate surface area is 142 Å². The number of ether oxygens (including phenoxy) is 1. The molecule has 2 fully saturated rings. The molecule has 0 radical (unpaired) electrons. The van der Waals surface area contributed by atoms with E-state index >= 15 is 0 Å². The summed E-state index contributed by atoms with van der Waals surface area (Å²) in [6, 6.07) is 6.14. The Kier molecular flexibility index (Phi) is 4.03. The van der Waals surface area contributed by atoms with Gasteiger partial charge >= 0.3 is 0 Å². The Bertz CT molecular complexity index is 740. The molecule has 2 saturated heterocycles. The van der Waals surface area contributed by atoms with Gasteiger partial charge in [-0.1, -0.05) is 6.07 Å². The maximum atomic E-state index is 12.2. The van der Waals surface area contributed by atoms with Gasteiger partial charge in [0.25, 0.3) is 5.91 Å². The Morgan fingerprint density at radius 3 is 2.50 bits per heavy atom. The monoisotopic (exact) mass is 349 g/mol. The van der Waals surface area contributed by atoms with Crippen molar-refractivity contribution in [2.75, 3.05) is 31.2 Å². The Balaban J connectivity index is 1.24. The van der Waals surface area contributed by atoms with E-state index in [-0.39, 0.29) is 18.4 Å². The highest BCUT2D eigenvalue weighted by Crippen LogP contribution is 2.32. The molecule has 0 saturated carbocycles. The van der Waals surface area contributed by atoms with E-state index in [1.165, 1.54) is 24.0 Å². The van der Waals surface area contributed by atoms with Gasteiger partial charge in [-0.3, -0.25) is 4.79 Å². The second-order valence-corrected chi connectivity index (χ2v) is 9.48. The number of aryl methyl sites for hydroxylation is 2. The summed E-state index contributed by atoms with van der Waals surface area (Å²) >= 11 is 0. The highest BCUT2D eigenvalue weighted by Gasteiger charge is 2.44. The summed E-state index contributed by atoms with van der Waals surface area (Å²) in [7, 11) is -2.77. The maximum absolute atomic E-state index is 12.2. The zero-order valence-electron chi connectivity index (χ0n) is 13.7.